The molecule has 0 spiro atoms. The van der Waals surface area contributed by atoms with Gasteiger partial charge in [0.1, 0.15) is 0 Å². The average Bonchev–Trinajstić information content (AvgIpc) is 2.79. The molecule has 0 aliphatic heterocycles. The molecule has 2 atom stereocenters. The van der Waals surface area contributed by atoms with Gasteiger partial charge in [0.05, 0.1) is 6.61 Å². The summed E-state index contributed by atoms with van der Waals surface area (Å²) in [5, 5.41) is 13.6. The van der Waals surface area contributed by atoms with E-state index in [-0.39, 0.29) is 12.1 Å². The highest BCUT2D eigenvalue weighted by Gasteiger charge is 2.42. The minimum Gasteiger partial charge on any atom is -0.394 e. The van der Waals surface area contributed by atoms with Gasteiger partial charge in [-0.1, -0.05) is 34.1 Å². The number of nitrogens with zero attached hydrogens (tertiary/aromatic N) is 1. The average molecular weight is 284 g/mol. The molecule has 0 bridgehead atoms. The van der Waals surface area contributed by atoms with Crippen LogP contribution in [0.15, 0.2) is 0 Å². The summed E-state index contributed by atoms with van der Waals surface area (Å²) in [6, 6.07) is 0.449. The molecule has 0 saturated heterocycles. The molecule has 3 nitrogen and oxygen atoms in total. The molecule has 1 rings (SSSR count). The van der Waals surface area contributed by atoms with E-state index in [9.17, 15) is 5.11 Å². The zero-order valence-electron chi connectivity index (χ0n) is 14.1. The van der Waals surface area contributed by atoms with Crippen LogP contribution in [0.1, 0.15) is 66.2 Å². The van der Waals surface area contributed by atoms with Crippen molar-refractivity contribution in [2.75, 3.05) is 26.2 Å². The molecule has 20 heavy (non-hydrogen) atoms. The molecular weight excluding hydrogens is 248 g/mol. The number of nitrogens with one attached hydrogen (secondary N) is 1. The molecule has 0 aromatic heterocycles. The van der Waals surface area contributed by atoms with E-state index in [1.165, 1.54) is 51.7 Å². The van der Waals surface area contributed by atoms with Crippen molar-refractivity contribution < 1.29 is 5.11 Å². The van der Waals surface area contributed by atoms with Crippen LogP contribution < -0.4 is 5.32 Å². The van der Waals surface area contributed by atoms with Crippen LogP contribution in [-0.2, 0) is 0 Å². The Kier molecular flexibility index (Phi) is 8.08. The topological polar surface area (TPSA) is 35.5 Å². The van der Waals surface area contributed by atoms with E-state index in [1.54, 1.807) is 0 Å². The molecule has 0 aromatic carbocycles. The van der Waals surface area contributed by atoms with Crippen molar-refractivity contribution in [1.29, 1.82) is 0 Å². The number of hydrogen-bond acceptors (Lipinski definition) is 3. The minimum atomic E-state index is -0.0156. The largest absolute Gasteiger partial charge is 0.394 e. The van der Waals surface area contributed by atoms with Crippen LogP contribution in [0, 0.1) is 5.92 Å². The van der Waals surface area contributed by atoms with Crippen LogP contribution in [0.5, 0.6) is 0 Å². The Hall–Kier alpha value is -0.120. The van der Waals surface area contributed by atoms with Gasteiger partial charge < -0.3 is 15.3 Å². The van der Waals surface area contributed by atoms with Crippen molar-refractivity contribution in [2.45, 2.75) is 77.8 Å². The van der Waals surface area contributed by atoms with Crippen molar-refractivity contribution in [1.82, 2.24) is 10.2 Å². The number of hydrogen-bond donors (Lipinski definition) is 2. The van der Waals surface area contributed by atoms with Gasteiger partial charge in [0.25, 0.3) is 0 Å². The maximum Gasteiger partial charge on any atom is 0.0616 e. The van der Waals surface area contributed by atoms with Gasteiger partial charge in [0, 0.05) is 11.6 Å². The summed E-state index contributed by atoms with van der Waals surface area (Å²) in [5.41, 5.74) is -0.0156. The van der Waals surface area contributed by atoms with E-state index in [0.29, 0.717) is 12.0 Å². The van der Waals surface area contributed by atoms with Gasteiger partial charge >= 0.3 is 0 Å². The molecule has 120 valence electrons. The summed E-state index contributed by atoms with van der Waals surface area (Å²) in [5.74, 6) is 0.631. The summed E-state index contributed by atoms with van der Waals surface area (Å²) in [6.07, 6.45) is 7.35. The molecule has 1 aliphatic rings. The second-order valence-corrected chi connectivity index (χ2v) is 6.83. The highest BCUT2D eigenvalue weighted by atomic mass is 16.3. The van der Waals surface area contributed by atoms with E-state index < -0.39 is 0 Å². The fourth-order valence-corrected chi connectivity index (χ4v) is 3.89. The lowest BCUT2D eigenvalue weighted by atomic mass is 9.84. The maximum absolute atomic E-state index is 9.93. The monoisotopic (exact) mass is 284 g/mol. The molecule has 1 fully saturated rings. The Morgan fingerprint density at radius 3 is 2.35 bits per heavy atom. The van der Waals surface area contributed by atoms with Crippen LogP contribution in [0.4, 0.5) is 0 Å². The van der Waals surface area contributed by atoms with E-state index >= 15 is 0 Å². The molecule has 2 N–H and O–H groups in total. The predicted molar refractivity (Wildman–Crippen MR) is 87.1 cm³/mol. The molecule has 1 saturated carbocycles. The summed E-state index contributed by atoms with van der Waals surface area (Å²) >= 11 is 0. The quantitative estimate of drug-likeness (QED) is 0.647. The van der Waals surface area contributed by atoms with Crippen LogP contribution in [0.2, 0.25) is 0 Å². The third kappa shape index (κ3) is 5.01. The fourth-order valence-electron chi connectivity index (χ4n) is 3.89. The van der Waals surface area contributed by atoms with Gasteiger partial charge in [-0.05, 0) is 57.7 Å². The Bertz CT molecular complexity index is 251. The van der Waals surface area contributed by atoms with Crippen LogP contribution >= 0.6 is 0 Å². The van der Waals surface area contributed by atoms with E-state index in [4.69, 9.17) is 0 Å². The van der Waals surface area contributed by atoms with Crippen molar-refractivity contribution in [3.63, 3.8) is 0 Å². The highest BCUT2D eigenvalue weighted by Crippen LogP contribution is 2.38. The Morgan fingerprint density at radius 2 is 1.85 bits per heavy atom. The SMILES string of the molecule is CCCN(CCC)CCC1CCCC1(CO)NC(C)C. The first-order valence-electron chi connectivity index (χ1n) is 8.68. The van der Waals surface area contributed by atoms with Gasteiger partial charge in [0.15, 0.2) is 0 Å². The van der Waals surface area contributed by atoms with E-state index in [0.717, 1.165) is 6.42 Å². The van der Waals surface area contributed by atoms with Crippen LogP contribution in [0.3, 0.4) is 0 Å². The summed E-state index contributed by atoms with van der Waals surface area (Å²) in [4.78, 5) is 2.59. The first-order chi connectivity index (χ1) is 9.57. The molecule has 0 radical (unpaired) electrons. The number of aliphatic hydroxyl groups excluding tert-OH is 1. The third-order valence-electron chi connectivity index (χ3n) is 4.69. The number of aliphatic hydroxyl groups is 1. The fraction of sp³-hybridized carbons (Fsp3) is 1.00. The molecule has 0 amide bonds. The maximum atomic E-state index is 9.93. The Balaban J connectivity index is 2.55. The van der Waals surface area contributed by atoms with Crippen LogP contribution in [0.25, 0.3) is 0 Å². The molecule has 3 heteroatoms. The van der Waals surface area contributed by atoms with E-state index in [2.05, 4.69) is 37.9 Å². The smallest absolute Gasteiger partial charge is 0.0616 e. The lowest BCUT2D eigenvalue weighted by molar-refractivity contribution is 0.103. The van der Waals surface area contributed by atoms with Crippen LogP contribution in [-0.4, -0.2) is 47.8 Å². The van der Waals surface area contributed by atoms with Crippen molar-refractivity contribution in [2.24, 2.45) is 5.92 Å². The van der Waals surface area contributed by atoms with Crippen molar-refractivity contribution in [3.8, 4) is 0 Å². The highest BCUT2D eigenvalue weighted by molar-refractivity contribution is 4.99. The van der Waals surface area contributed by atoms with Crippen molar-refractivity contribution >= 4 is 0 Å². The molecular formula is C17H36N2O. The normalized spacial score (nSPS) is 26.9. The lowest BCUT2D eigenvalue weighted by Crippen LogP contribution is -2.54. The lowest BCUT2D eigenvalue weighted by Gasteiger charge is -2.38. The van der Waals surface area contributed by atoms with Gasteiger partial charge in [-0.2, -0.15) is 0 Å². The zero-order valence-corrected chi connectivity index (χ0v) is 14.1. The van der Waals surface area contributed by atoms with E-state index in [1.807, 2.05) is 0 Å². The summed E-state index contributed by atoms with van der Waals surface area (Å²) in [6.45, 7) is 12.8. The Morgan fingerprint density at radius 1 is 1.20 bits per heavy atom. The number of rotatable bonds is 10. The molecule has 1 aliphatic carbocycles. The minimum absolute atomic E-state index is 0.0156. The zero-order chi connectivity index (χ0) is 15.0. The second kappa shape index (κ2) is 9.01. The van der Waals surface area contributed by atoms with Gasteiger partial charge in [-0.25, -0.2) is 0 Å². The summed E-state index contributed by atoms with van der Waals surface area (Å²) < 4.78 is 0. The Labute approximate surface area is 126 Å². The first kappa shape index (κ1) is 17.9. The molecule has 2 unspecified atom stereocenters. The third-order valence-corrected chi connectivity index (χ3v) is 4.69. The summed E-state index contributed by atoms with van der Waals surface area (Å²) in [7, 11) is 0. The standard InChI is InChI=1S/C17H36N2O/c1-5-11-19(12-6-2)13-9-16-8-7-10-17(16,14-20)18-15(3)4/h15-16,18,20H,5-14H2,1-4H3. The van der Waals surface area contributed by atoms with Gasteiger partial charge in [0.2, 0.25) is 0 Å². The second-order valence-electron chi connectivity index (χ2n) is 6.83. The first-order valence-corrected chi connectivity index (χ1v) is 8.68. The van der Waals surface area contributed by atoms with Gasteiger partial charge in [-0.3, -0.25) is 0 Å². The predicted octanol–water partition coefficient (Wildman–Crippen LogP) is 3.03. The van der Waals surface area contributed by atoms with Gasteiger partial charge in [-0.15, -0.1) is 0 Å². The molecule has 0 heterocycles. The van der Waals surface area contributed by atoms with Crippen molar-refractivity contribution in [3.05, 3.63) is 0 Å². The molecule has 0 aromatic rings.